The van der Waals surface area contributed by atoms with Crippen molar-refractivity contribution in [1.82, 2.24) is 9.80 Å². The van der Waals surface area contributed by atoms with Gasteiger partial charge in [0.1, 0.15) is 0 Å². The molecule has 1 heterocycles. The number of thiol groups is 1. The average molecular weight is 292 g/mol. The Kier molecular flexibility index (Phi) is 5.11. The number of carbonyl (C=O) groups is 1. The largest absolute Gasteiger partial charge is 0.339 e. The summed E-state index contributed by atoms with van der Waals surface area (Å²) in [6.07, 6.45) is 0.692. The number of hydrogen-bond acceptors (Lipinski definition) is 3. The van der Waals surface area contributed by atoms with Gasteiger partial charge in [-0.1, -0.05) is 30.3 Å². The van der Waals surface area contributed by atoms with Crippen LogP contribution in [0, 0.1) is 0 Å². The zero-order chi connectivity index (χ0) is 14.7. The molecule has 4 heteroatoms. The fourth-order valence-corrected chi connectivity index (χ4v) is 3.09. The third-order valence-corrected chi connectivity index (χ3v) is 4.63. The van der Waals surface area contributed by atoms with Crippen molar-refractivity contribution in [2.75, 3.05) is 20.1 Å². The van der Waals surface area contributed by atoms with E-state index in [4.69, 9.17) is 0 Å². The maximum Gasteiger partial charge on any atom is 0.235 e. The first-order valence-electron chi connectivity index (χ1n) is 7.21. The van der Waals surface area contributed by atoms with E-state index in [-0.39, 0.29) is 11.2 Å². The summed E-state index contributed by atoms with van der Waals surface area (Å²) in [5.41, 5.74) is 1.16. The van der Waals surface area contributed by atoms with Gasteiger partial charge in [0.25, 0.3) is 0 Å². The van der Waals surface area contributed by atoms with Gasteiger partial charge in [-0.25, -0.2) is 0 Å². The molecule has 0 aliphatic carbocycles. The lowest BCUT2D eigenvalue weighted by Crippen LogP contribution is -2.57. The van der Waals surface area contributed by atoms with E-state index < -0.39 is 0 Å². The highest BCUT2D eigenvalue weighted by atomic mass is 32.1. The molecular weight excluding hydrogens is 268 g/mol. The minimum atomic E-state index is -0.250. The van der Waals surface area contributed by atoms with E-state index in [1.165, 1.54) is 0 Å². The van der Waals surface area contributed by atoms with E-state index in [1.54, 1.807) is 0 Å². The Labute approximate surface area is 127 Å². The van der Waals surface area contributed by atoms with Crippen LogP contribution in [0.15, 0.2) is 30.3 Å². The number of amides is 1. The highest BCUT2D eigenvalue weighted by Gasteiger charge is 2.31. The lowest BCUT2D eigenvalue weighted by molar-refractivity contribution is -0.134. The molecule has 0 saturated carbocycles. The Morgan fingerprint density at radius 3 is 2.35 bits per heavy atom. The lowest BCUT2D eigenvalue weighted by atomic mass is 10.1. The predicted molar refractivity (Wildman–Crippen MR) is 86.2 cm³/mol. The van der Waals surface area contributed by atoms with Gasteiger partial charge in [-0.3, -0.25) is 9.69 Å². The predicted octanol–water partition coefficient (Wildman–Crippen LogP) is 2.08. The van der Waals surface area contributed by atoms with Crippen LogP contribution in [0.2, 0.25) is 0 Å². The summed E-state index contributed by atoms with van der Waals surface area (Å²) in [5, 5.41) is -0.250. The molecule has 0 bridgehead atoms. The molecule has 1 aromatic carbocycles. The van der Waals surface area contributed by atoms with E-state index in [9.17, 15) is 4.79 Å². The summed E-state index contributed by atoms with van der Waals surface area (Å²) < 4.78 is 0. The summed E-state index contributed by atoms with van der Waals surface area (Å²) in [6.45, 7) is 5.93. The minimum Gasteiger partial charge on any atom is -0.339 e. The number of benzene rings is 1. The van der Waals surface area contributed by atoms with Gasteiger partial charge < -0.3 is 4.90 Å². The summed E-state index contributed by atoms with van der Waals surface area (Å²) in [5.74, 6) is 0.156. The summed E-state index contributed by atoms with van der Waals surface area (Å²) in [6, 6.07) is 10.9. The van der Waals surface area contributed by atoms with Gasteiger partial charge in [0.2, 0.25) is 5.91 Å². The van der Waals surface area contributed by atoms with Crippen molar-refractivity contribution in [2.24, 2.45) is 0 Å². The molecule has 0 radical (unpaired) electrons. The highest BCUT2D eigenvalue weighted by molar-refractivity contribution is 7.81. The molecule has 0 aromatic heterocycles. The Hall–Kier alpha value is -1.00. The molecule has 20 heavy (non-hydrogen) atoms. The molecule has 2 rings (SSSR count). The van der Waals surface area contributed by atoms with Crippen LogP contribution in [0.5, 0.6) is 0 Å². The van der Waals surface area contributed by atoms with Crippen LogP contribution >= 0.6 is 12.6 Å². The molecule has 1 aliphatic rings. The monoisotopic (exact) mass is 292 g/mol. The van der Waals surface area contributed by atoms with Crippen LogP contribution in [0.4, 0.5) is 0 Å². The number of likely N-dealkylation sites (N-methyl/N-ethyl adjacent to an activating group) is 1. The fraction of sp³-hybridized carbons (Fsp3) is 0.562. The Bertz CT molecular complexity index is 439. The van der Waals surface area contributed by atoms with Gasteiger partial charge in [0.05, 0.1) is 5.25 Å². The van der Waals surface area contributed by atoms with Gasteiger partial charge >= 0.3 is 0 Å². The number of piperazine rings is 1. The number of hydrogen-bond donors (Lipinski definition) is 1. The van der Waals surface area contributed by atoms with Crippen molar-refractivity contribution in [2.45, 2.75) is 37.6 Å². The smallest absolute Gasteiger partial charge is 0.235 e. The van der Waals surface area contributed by atoms with Gasteiger partial charge in [0.15, 0.2) is 0 Å². The summed E-state index contributed by atoms with van der Waals surface area (Å²) >= 11 is 4.52. The number of nitrogens with zero attached hydrogens (tertiary/aromatic N) is 2. The summed E-state index contributed by atoms with van der Waals surface area (Å²) in [7, 11) is 2.12. The van der Waals surface area contributed by atoms with Gasteiger partial charge in [-0.05, 0) is 32.9 Å². The Balaban J connectivity index is 1.97. The molecule has 0 N–H and O–H groups in total. The lowest BCUT2D eigenvalue weighted by Gasteiger charge is -2.43. The molecule has 3 nitrogen and oxygen atoms in total. The van der Waals surface area contributed by atoms with E-state index in [2.05, 4.69) is 38.4 Å². The molecule has 1 fully saturated rings. The van der Waals surface area contributed by atoms with E-state index in [1.807, 2.05) is 35.2 Å². The van der Waals surface area contributed by atoms with Gasteiger partial charge in [0, 0.05) is 25.2 Å². The van der Waals surface area contributed by atoms with Crippen LogP contribution in [-0.2, 0) is 11.2 Å². The second-order valence-corrected chi connectivity index (χ2v) is 6.44. The Morgan fingerprint density at radius 1 is 1.25 bits per heavy atom. The zero-order valence-electron chi connectivity index (χ0n) is 12.5. The maximum atomic E-state index is 12.5. The molecule has 3 atom stereocenters. The van der Waals surface area contributed by atoms with Crippen LogP contribution < -0.4 is 0 Å². The van der Waals surface area contributed by atoms with Crippen molar-refractivity contribution in [3.8, 4) is 0 Å². The number of rotatable bonds is 3. The quantitative estimate of drug-likeness (QED) is 0.862. The Morgan fingerprint density at radius 2 is 1.80 bits per heavy atom. The number of carbonyl (C=O) groups excluding carboxylic acids is 1. The molecular formula is C16H24N2OS. The molecule has 1 aromatic rings. The van der Waals surface area contributed by atoms with Gasteiger partial charge in [-0.2, -0.15) is 12.6 Å². The second-order valence-electron chi connectivity index (χ2n) is 5.81. The molecule has 1 amide bonds. The standard InChI is InChI=1S/C16H24N2OS/c1-12-10-18(11-13(2)17(12)3)16(19)15(20)9-14-7-5-4-6-8-14/h4-8,12-13,15,20H,9-11H2,1-3H3. The first-order chi connectivity index (χ1) is 9.49. The third kappa shape index (κ3) is 3.55. The molecule has 3 unspecified atom stereocenters. The van der Waals surface area contributed by atoms with E-state index in [0.29, 0.717) is 18.5 Å². The van der Waals surface area contributed by atoms with Gasteiger partial charge in [-0.15, -0.1) is 0 Å². The average Bonchev–Trinajstić information content (AvgIpc) is 2.44. The molecule has 110 valence electrons. The normalized spacial score (nSPS) is 25.5. The van der Waals surface area contributed by atoms with Crippen LogP contribution in [0.3, 0.4) is 0 Å². The van der Waals surface area contributed by atoms with Crippen molar-refractivity contribution >= 4 is 18.5 Å². The third-order valence-electron chi connectivity index (χ3n) is 4.23. The molecule has 1 aliphatic heterocycles. The highest BCUT2D eigenvalue weighted by Crippen LogP contribution is 2.17. The molecule has 0 spiro atoms. The van der Waals surface area contributed by atoms with Crippen LogP contribution in [0.1, 0.15) is 19.4 Å². The fourth-order valence-electron chi connectivity index (χ4n) is 2.72. The SMILES string of the molecule is CC1CN(C(=O)C(S)Cc2ccccc2)CC(C)N1C. The van der Waals surface area contributed by atoms with Crippen molar-refractivity contribution in [3.63, 3.8) is 0 Å². The second kappa shape index (κ2) is 6.64. The van der Waals surface area contributed by atoms with Crippen LogP contribution in [-0.4, -0.2) is 53.2 Å². The minimum absolute atomic E-state index is 0.156. The van der Waals surface area contributed by atoms with E-state index >= 15 is 0 Å². The van der Waals surface area contributed by atoms with E-state index in [0.717, 1.165) is 18.7 Å². The molecule has 1 saturated heterocycles. The van der Waals surface area contributed by atoms with Crippen molar-refractivity contribution < 1.29 is 4.79 Å². The van der Waals surface area contributed by atoms with Crippen molar-refractivity contribution in [3.05, 3.63) is 35.9 Å². The zero-order valence-corrected chi connectivity index (χ0v) is 13.4. The first-order valence-corrected chi connectivity index (χ1v) is 7.73. The topological polar surface area (TPSA) is 23.6 Å². The van der Waals surface area contributed by atoms with Crippen molar-refractivity contribution in [1.29, 1.82) is 0 Å². The summed E-state index contributed by atoms with van der Waals surface area (Å²) in [4.78, 5) is 16.8. The first kappa shape index (κ1) is 15.4. The maximum absolute atomic E-state index is 12.5. The van der Waals surface area contributed by atoms with Crippen LogP contribution in [0.25, 0.3) is 0 Å².